The number of carbonyl (C=O) groups is 1. The van der Waals surface area contributed by atoms with Crippen molar-refractivity contribution in [3.8, 4) is 5.75 Å². The first-order chi connectivity index (χ1) is 11.0. The molecule has 5 heteroatoms. The van der Waals surface area contributed by atoms with Crippen LogP contribution in [0.3, 0.4) is 0 Å². The quantitative estimate of drug-likeness (QED) is 0.529. The van der Waals surface area contributed by atoms with E-state index in [-0.39, 0.29) is 12.2 Å². The number of aromatic nitrogens is 2. The lowest BCUT2D eigenvalue weighted by atomic mass is 9.99. The fourth-order valence-corrected chi connectivity index (χ4v) is 3.19. The fourth-order valence-electron chi connectivity index (χ4n) is 3.19. The number of H-pyrrole nitrogens is 1. The van der Waals surface area contributed by atoms with Crippen LogP contribution in [0.15, 0.2) is 36.5 Å². The van der Waals surface area contributed by atoms with E-state index in [9.17, 15) is 9.90 Å². The topological polar surface area (TPSA) is 86.2 Å². The summed E-state index contributed by atoms with van der Waals surface area (Å²) < 4.78 is 0. The summed E-state index contributed by atoms with van der Waals surface area (Å²) in [6, 6.07) is 9.00. The number of aryl methyl sites for hydroxylation is 1. The number of nitrogens with zero attached hydrogens (tertiary/aromatic N) is 1. The number of phenolic OH excluding ortho intramolecular Hbond substituents is 1. The van der Waals surface area contributed by atoms with E-state index in [0.29, 0.717) is 5.69 Å². The van der Waals surface area contributed by atoms with Crippen molar-refractivity contribution in [2.45, 2.75) is 13.3 Å². The third-order valence-electron chi connectivity index (χ3n) is 4.26. The number of hydrogen-bond donors (Lipinski definition) is 3. The maximum Gasteiger partial charge on any atom is 0.309 e. The average Bonchev–Trinajstić information content (AvgIpc) is 2.86. The Hall–Kier alpha value is -3.08. The lowest BCUT2D eigenvalue weighted by molar-refractivity contribution is -0.136. The third kappa shape index (κ3) is 2.01. The Morgan fingerprint density at radius 2 is 1.96 bits per heavy atom. The predicted molar refractivity (Wildman–Crippen MR) is 88.8 cm³/mol. The van der Waals surface area contributed by atoms with Gasteiger partial charge < -0.3 is 15.2 Å². The van der Waals surface area contributed by atoms with Gasteiger partial charge in [-0.1, -0.05) is 0 Å². The second-order valence-electron chi connectivity index (χ2n) is 5.70. The molecule has 0 aliphatic rings. The van der Waals surface area contributed by atoms with Gasteiger partial charge in [0.05, 0.1) is 17.5 Å². The molecule has 114 valence electrons. The summed E-state index contributed by atoms with van der Waals surface area (Å²) in [6.45, 7) is 1.99. The number of fused-ring (bicyclic) bond motifs is 4. The number of hydrogen-bond acceptors (Lipinski definition) is 3. The van der Waals surface area contributed by atoms with Gasteiger partial charge >= 0.3 is 5.97 Å². The number of benzene rings is 2. The van der Waals surface area contributed by atoms with E-state index in [2.05, 4.69) is 9.97 Å². The third-order valence-corrected chi connectivity index (χ3v) is 4.26. The zero-order valence-corrected chi connectivity index (χ0v) is 12.4. The minimum Gasteiger partial charge on any atom is -0.508 e. The van der Waals surface area contributed by atoms with Gasteiger partial charge in [-0.25, -0.2) is 4.98 Å². The van der Waals surface area contributed by atoms with E-state index in [1.54, 1.807) is 24.4 Å². The van der Waals surface area contributed by atoms with Crippen molar-refractivity contribution in [2.24, 2.45) is 0 Å². The highest BCUT2D eigenvalue weighted by molar-refractivity contribution is 6.14. The van der Waals surface area contributed by atoms with Crippen LogP contribution in [0.25, 0.3) is 32.6 Å². The average molecular weight is 306 g/mol. The smallest absolute Gasteiger partial charge is 0.309 e. The Kier molecular flexibility index (Phi) is 2.78. The van der Waals surface area contributed by atoms with E-state index in [1.807, 2.05) is 19.1 Å². The first-order valence-electron chi connectivity index (χ1n) is 7.28. The van der Waals surface area contributed by atoms with Crippen LogP contribution in [0, 0.1) is 6.92 Å². The highest BCUT2D eigenvalue weighted by Gasteiger charge is 2.14. The van der Waals surface area contributed by atoms with Gasteiger partial charge in [0.2, 0.25) is 0 Å². The van der Waals surface area contributed by atoms with Crippen LogP contribution in [-0.2, 0) is 11.2 Å². The first-order valence-corrected chi connectivity index (χ1v) is 7.28. The van der Waals surface area contributed by atoms with Crippen molar-refractivity contribution >= 4 is 38.5 Å². The van der Waals surface area contributed by atoms with E-state index in [1.165, 1.54) is 0 Å². The number of carboxylic acid groups (broad SMARTS) is 1. The predicted octanol–water partition coefficient (Wildman–Crippen LogP) is 3.51. The van der Waals surface area contributed by atoms with Crippen molar-refractivity contribution in [1.82, 2.24) is 9.97 Å². The maximum absolute atomic E-state index is 11.1. The minimum absolute atomic E-state index is 0.0698. The van der Waals surface area contributed by atoms with Crippen molar-refractivity contribution in [3.63, 3.8) is 0 Å². The Bertz CT molecular complexity index is 1100. The molecule has 0 atom stereocenters. The van der Waals surface area contributed by atoms with E-state index in [0.717, 1.165) is 38.1 Å². The Morgan fingerprint density at radius 1 is 1.13 bits per heavy atom. The molecule has 2 aromatic heterocycles. The molecule has 0 aliphatic heterocycles. The number of phenols is 1. The van der Waals surface area contributed by atoms with Gasteiger partial charge in [-0.3, -0.25) is 4.79 Å². The van der Waals surface area contributed by atoms with E-state index in [4.69, 9.17) is 5.11 Å². The summed E-state index contributed by atoms with van der Waals surface area (Å²) in [5, 5.41) is 22.5. The van der Waals surface area contributed by atoms with Gasteiger partial charge in [0.15, 0.2) is 0 Å². The van der Waals surface area contributed by atoms with Crippen molar-refractivity contribution in [2.75, 3.05) is 0 Å². The minimum atomic E-state index is -0.880. The molecule has 0 saturated carbocycles. The molecule has 2 aromatic carbocycles. The molecule has 3 N–H and O–H groups in total. The van der Waals surface area contributed by atoms with Gasteiger partial charge in [0, 0.05) is 28.0 Å². The molecule has 0 bridgehead atoms. The summed E-state index contributed by atoms with van der Waals surface area (Å²) in [6.07, 6.45) is 1.69. The van der Waals surface area contributed by atoms with Gasteiger partial charge in [-0.2, -0.15) is 0 Å². The number of aromatic amines is 1. The number of aromatic hydroxyl groups is 1. The fraction of sp³-hybridized carbons (Fsp3) is 0.111. The molecule has 5 nitrogen and oxygen atoms in total. The highest BCUT2D eigenvalue weighted by Crippen LogP contribution is 2.35. The summed E-state index contributed by atoms with van der Waals surface area (Å²) >= 11 is 0. The summed E-state index contributed by atoms with van der Waals surface area (Å²) in [5.74, 6) is -0.690. The van der Waals surface area contributed by atoms with Crippen LogP contribution in [-0.4, -0.2) is 26.2 Å². The van der Waals surface area contributed by atoms with Crippen molar-refractivity contribution < 1.29 is 15.0 Å². The van der Waals surface area contributed by atoms with Gasteiger partial charge in [-0.15, -0.1) is 0 Å². The monoisotopic (exact) mass is 306 g/mol. The lowest BCUT2D eigenvalue weighted by Crippen LogP contribution is -2.03. The number of carboxylic acids is 1. The molecule has 2 heterocycles. The number of pyridine rings is 1. The molecule has 0 unspecified atom stereocenters. The van der Waals surface area contributed by atoms with Crippen molar-refractivity contribution in [1.29, 1.82) is 0 Å². The van der Waals surface area contributed by atoms with Crippen LogP contribution in [0.4, 0.5) is 0 Å². The number of aliphatic carboxylic acids is 1. The number of nitrogens with one attached hydrogen (secondary N) is 1. The molecule has 0 saturated heterocycles. The molecule has 0 amide bonds. The van der Waals surface area contributed by atoms with Gasteiger partial charge in [0.1, 0.15) is 5.75 Å². The summed E-state index contributed by atoms with van der Waals surface area (Å²) in [4.78, 5) is 18.8. The SMILES string of the molecule is Cc1c2cc[nH]c(CC(=O)O)c2cc2c1nc1ccc(O)cc12. The first kappa shape index (κ1) is 13.6. The molecular formula is C18H14N2O3. The summed E-state index contributed by atoms with van der Waals surface area (Å²) in [7, 11) is 0. The number of rotatable bonds is 2. The molecule has 4 aromatic rings. The van der Waals surface area contributed by atoms with Crippen molar-refractivity contribution in [3.05, 3.63) is 47.8 Å². The molecule has 0 radical (unpaired) electrons. The molecule has 0 fully saturated rings. The summed E-state index contributed by atoms with van der Waals surface area (Å²) in [5.41, 5.74) is 3.37. The van der Waals surface area contributed by atoms with Crippen LogP contribution >= 0.6 is 0 Å². The standard InChI is InChI=1S/C18H14N2O3/c1-9-11-4-5-19-16(8-17(22)23)13(11)7-14-12-6-10(21)2-3-15(12)20-18(9)14/h2-7,19,21H,8H2,1H3,(H,22,23). The lowest BCUT2D eigenvalue weighted by Gasteiger charge is -2.08. The normalized spacial score (nSPS) is 11.5. The Morgan fingerprint density at radius 3 is 2.74 bits per heavy atom. The molecular weight excluding hydrogens is 292 g/mol. The second kappa shape index (κ2) is 4.71. The van der Waals surface area contributed by atoms with E-state index >= 15 is 0 Å². The molecule has 0 aliphatic carbocycles. The Labute approximate surface area is 131 Å². The zero-order chi connectivity index (χ0) is 16.1. The van der Waals surface area contributed by atoms with Crippen LogP contribution in [0.2, 0.25) is 0 Å². The highest BCUT2D eigenvalue weighted by atomic mass is 16.4. The van der Waals surface area contributed by atoms with E-state index < -0.39 is 5.97 Å². The zero-order valence-electron chi connectivity index (χ0n) is 12.4. The van der Waals surface area contributed by atoms with Crippen LogP contribution in [0.5, 0.6) is 5.75 Å². The molecule has 4 rings (SSSR count). The van der Waals surface area contributed by atoms with Crippen LogP contribution < -0.4 is 0 Å². The largest absolute Gasteiger partial charge is 0.508 e. The van der Waals surface area contributed by atoms with Gasteiger partial charge in [0.25, 0.3) is 0 Å². The van der Waals surface area contributed by atoms with Crippen LogP contribution in [0.1, 0.15) is 11.3 Å². The second-order valence-corrected chi connectivity index (χ2v) is 5.70. The maximum atomic E-state index is 11.1. The Balaban J connectivity index is 2.17. The molecule has 0 spiro atoms. The van der Waals surface area contributed by atoms with Gasteiger partial charge in [-0.05, 0) is 48.2 Å². The molecule has 23 heavy (non-hydrogen) atoms.